The molecular formula is C64H122O6. The molecule has 70 heavy (non-hydrogen) atoms. The molecule has 0 aliphatic rings. The summed E-state index contributed by atoms with van der Waals surface area (Å²) in [4.78, 5) is 38.2. The van der Waals surface area contributed by atoms with Crippen LogP contribution in [0.2, 0.25) is 0 Å². The van der Waals surface area contributed by atoms with Gasteiger partial charge in [-0.15, -0.1) is 0 Å². The summed E-state index contributed by atoms with van der Waals surface area (Å²) in [7, 11) is 0. The maximum atomic E-state index is 12.9. The largest absolute Gasteiger partial charge is 0.462 e. The Kier molecular flexibility index (Phi) is 58.1. The van der Waals surface area contributed by atoms with Crippen molar-refractivity contribution in [2.75, 3.05) is 13.2 Å². The molecule has 0 aromatic rings. The van der Waals surface area contributed by atoms with Crippen LogP contribution in [0.5, 0.6) is 0 Å². The zero-order chi connectivity index (χ0) is 50.7. The highest BCUT2D eigenvalue weighted by atomic mass is 16.6. The second-order valence-corrected chi connectivity index (χ2v) is 21.7. The minimum atomic E-state index is -0.769. The summed E-state index contributed by atoms with van der Waals surface area (Å²) < 4.78 is 16.9. The molecule has 0 aromatic carbocycles. The zero-order valence-electron chi connectivity index (χ0n) is 47.6. The van der Waals surface area contributed by atoms with Gasteiger partial charge in [0, 0.05) is 19.3 Å². The van der Waals surface area contributed by atoms with E-state index in [-0.39, 0.29) is 31.1 Å². The van der Waals surface area contributed by atoms with Crippen molar-refractivity contribution in [3.05, 3.63) is 12.2 Å². The molecule has 414 valence electrons. The summed E-state index contributed by atoms with van der Waals surface area (Å²) in [6, 6.07) is 0. The Morgan fingerprint density at radius 2 is 0.471 bits per heavy atom. The fourth-order valence-electron chi connectivity index (χ4n) is 9.74. The maximum Gasteiger partial charge on any atom is 0.306 e. The highest BCUT2D eigenvalue weighted by Gasteiger charge is 2.19. The molecule has 0 aliphatic carbocycles. The van der Waals surface area contributed by atoms with Crippen LogP contribution in [0.4, 0.5) is 0 Å². The highest BCUT2D eigenvalue weighted by molar-refractivity contribution is 5.71. The van der Waals surface area contributed by atoms with Crippen LogP contribution in [-0.4, -0.2) is 37.2 Å². The van der Waals surface area contributed by atoms with Gasteiger partial charge in [-0.2, -0.15) is 0 Å². The first-order chi connectivity index (χ1) is 34.5. The van der Waals surface area contributed by atoms with Crippen LogP contribution >= 0.6 is 0 Å². The third-order valence-corrected chi connectivity index (χ3v) is 14.5. The number of carbonyl (C=O) groups is 3. The topological polar surface area (TPSA) is 78.9 Å². The van der Waals surface area contributed by atoms with E-state index in [0.29, 0.717) is 19.3 Å². The van der Waals surface area contributed by atoms with E-state index in [0.717, 1.165) is 64.2 Å². The second-order valence-electron chi connectivity index (χ2n) is 21.7. The smallest absolute Gasteiger partial charge is 0.306 e. The van der Waals surface area contributed by atoms with Crippen molar-refractivity contribution in [1.82, 2.24) is 0 Å². The molecule has 0 bridgehead atoms. The van der Waals surface area contributed by atoms with Gasteiger partial charge >= 0.3 is 17.9 Å². The minimum absolute atomic E-state index is 0.0670. The van der Waals surface area contributed by atoms with Gasteiger partial charge < -0.3 is 14.2 Å². The molecule has 0 heterocycles. The summed E-state index contributed by atoms with van der Waals surface area (Å²) in [6.45, 7) is 6.70. The van der Waals surface area contributed by atoms with E-state index < -0.39 is 6.10 Å². The van der Waals surface area contributed by atoms with Crippen LogP contribution in [0, 0.1) is 0 Å². The van der Waals surface area contributed by atoms with Gasteiger partial charge in [-0.05, 0) is 44.9 Å². The maximum absolute atomic E-state index is 12.9. The van der Waals surface area contributed by atoms with Gasteiger partial charge in [-0.3, -0.25) is 14.4 Å². The molecule has 0 fully saturated rings. The minimum Gasteiger partial charge on any atom is -0.462 e. The van der Waals surface area contributed by atoms with E-state index in [4.69, 9.17) is 14.2 Å². The van der Waals surface area contributed by atoms with Crippen molar-refractivity contribution < 1.29 is 28.6 Å². The average molecular weight is 988 g/mol. The first-order valence-corrected chi connectivity index (χ1v) is 31.7. The summed E-state index contributed by atoms with van der Waals surface area (Å²) in [5.74, 6) is -0.847. The highest BCUT2D eigenvalue weighted by Crippen LogP contribution is 2.18. The van der Waals surface area contributed by atoms with Crippen LogP contribution in [0.15, 0.2) is 12.2 Å². The normalized spacial score (nSPS) is 12.0. The molecule has 0 spiro atoms. The molecule has 0 aliphatic heterocycles. The molecule has 0 amide bonds. The third kappa shape index (κ3) is 57.1. The molecule has 0 rings (SSSR count). The molecule has 0 saturated heterocycles. The van der Waals surface area contributed by atoms with Crippen molar-refractivity contribution in [3.63, 3.8) is 0 Å². The molecule has 0 N–H and O–H groups in total. The van der Waals surface area contributed by atoms with Crippen LogP contribution in [0.25, 0.3) is 0 Å². The average Bonchev–Trinajstić information content (AvgIpc) is 3.36. The van der Waals surface area contributed by atoms with Crippen molar-refractivity contribution in [2.45, 2.75) is 367 Å². The Morgan fingerprint density at radius 1 is 0.271 bits per heavy atom. The Morgan fingerprint density at radius 3 is 0.714 bits per heavy atom. The van der Waals surface area contributed by atoms with E-state index in [2.05, 4.69) is 32.9 Å². The third-order valence-electron chi connectivity index (χ3n) is 14.5. The van der Waals surface area contributed by atoms with Crippen molar-refractivity contribution in [3.8, 4) is 0 Å². The Labute approximate surface area is 437 Å². The molecular weight excluding hydrogens is 865 g/mol. The van der Waals surface area contributed by atoms with E-state index in [1.165, 1.54) is 257 Å². The zero-order valence-corrected chi connectivity index (χ0v) is 47.6. The molecule has 6 heteroatoms. The number of esters is 3. The van der Waals surface area contributed by atoms with E-state index in [1.807, 2.05) is 0 Å². The summed E-state index contributed by atoms with van der Waals surface area (Å²) >= 11 is 0. The SMILES string of the molecule is CCCCCCCC/C=C\CCCCCCCC(=O)OC(COC(=O)CCCCCCCCCCCCCCCC)COC(=O)CCCCCCCCCCCCCCCCCCCCCCCCC. The number of ether oxygens (including phenoxy) is 3. The van der Waals surface area contributed by atoms with Gasteiger partial charge in [0.15, 0.2) is 6.10 Å². The Balaban J connectivity index is 4.24. The fraction of sp³-hybridized carbons (Fsp3) is 0.922. The number of carbonyl (C=O) groups excluding carboxylic acids is 3. The summed E-state index contributed by atoms with van der Waals surface area (Å²) in [5, 5.41) is 0. The van der Waals surface area contributed by atoms with Gasteiger partial charge in [-0.1, -0.05) is 309 Å². The lowest BCUT2D eigenvalue weighted by atomic mass is 10.0. The van der Waals surface area contributed by atoms with Crippen LogP contribution < -0.4 is 0 Å². The van der Waals surface area contributed by atoms with Gasteiger partial charge in [-0.25, -0.2) is 0 Å². The lowest BCUT2D eigenvalue weighted by molar-refractivity contribution is -0.167. The lowest BCUT2D eigenvalue weighted by Crippen LogP contribution is -2.30. The van der Waals surface area contributed by atoms with Gasteiger partial charge in [0.05, 0.1) is 0 Å². The summed E-state index contributed by atoms with van der Waals surface area (Å²) in [6.07, 6.45) is 69.3. The molecule has 1 atom stereocenters. The van der Waals surface area contributed by atoms with Gasteiger partial charge in [0.1, 0.15) is 13.2 Å². The molecule has 1 unspecified atom stereocenters. The number of hydrogen-bond donors (Lipinski definition) is 0. The Bertz CT molecular complexity index is 1090. The van der Waals surface area contributed by atoms with E-state index in [9.17, 15) is 14.4 Å². The predicted molar refractivity (Wildman–Crippen MR) is 303 cm³/mol. The first kappa shape index (κ1) is 68.2. The molecule has 0 saturated carbocycles. The van der Waals surface area contributed by atoms with Crippen molar-refractivity contribution in [2.24, 2.45) is 0 Å². The fourth-order valence-corrected chi connectivity index (χ4v) is 9.74. The number of allylic oxidation sites excluding steroid dienone is 2. The van der Waals surface area contributed by atoms with Crippen molar-refractivity contribution >= 4 is 17.9 Å². The number of unbranched alkanes of at least 4 members (excludes halogenated alkanes) is 46. The first-order valence-electron chi connectivity index (χ1n) is 31.7. The second kappa shape index (κ2) is 59.7. The predicted octanol–water partition coefficient (Wildman–Crippen LogP) is 21.3. The van der Waals surface area contributed by atoms with Crippen molar-refractivity contribution in [1.29, 1.82) is 0 Å². The number of rotatable bonds is 59. The lowest BCUT2D eigenvalue weighted by Gasteiger charge is -2.18. The van der Waals surface area contributed by atoms with Gasteiger partial charge in [0.25, 0.3) is 0 Å². The monoisotopic (exact) mass is 987 g/mol. The Hall–Kier alpha value is -1.85. The van der Waals surface area contributed by atoms with Crippen LogP contribution in [0.3, 0.4) is 0 Å². The molecule has 6 nitrogen and oxygen atoms in total. The number of hydrogen-bond acceptors (Lipinski definition) is 6. The molecule has 0 aromatic heterocycles. The van der Waals surface area contributed by atoms with Crippen LogP contribution in [0.1, 0.15) is 361 Å². The van der Waals surface area contributed by atoms with Crippen LogP contribution in [-0.2, 0) is 28.6 Å². The van der Waals surface area contributed by atoms with E-state index >= 15 is 0 Å². The quantitative estimate of drug-likeness (QED) is 0.0261. The van der Waals surface area contributed by atoms with Gasteiger partial charge in [0.2, 0.25) is 0 Å². The molecule has 0 radical (unpaired) electrons. The standard InChI is InChI=1S/C64H122O6/c1-4-7-10-13-16-19-22-25-28-29-30-31-32-33-34-35-37-39-42-45-48-51-54-57-63(66)69-60-61(59-68-62(65)56-53-50-47-44-41-38-27-24-21-18-15-12-9-6-3)70-64(67)58-55-52-49-46-43-40-36-26-23-20-17-14-11-8-5-2/h26,36,61H,4-25,27-35,37-60H2,1-3H3/b36-26-. The van der Waals surface area contributed by atoms with E-state index in [1.54, 1.807) is 0 Å². The summed E-state index contributed by atoms with van der Waals surface area (Å²) in [5.41, 5.74) is 0.